The van der Waals surface area contributed by atoms with Crippen LogP contribution in [0, 0.1) is 0 Å². The number of phenols is 2. The Morgan fingerprint density at radius 2 is 1.12 bits per heavy atom. The summed E-state index contributed by atoms with van der Waals surface area (Å²) in [6.07, 6.45) is -1.80. The summed E-state index contributed by atoms with van der Waals surface area (Å²) in [5.74, 6) is -4.02. The normalized spacial score (nSPS) is 12.4. The summed E-state index contributed by atoms with van der Waals surface area (Å²) in [7, 11) is 0. The monoisotopic (exact) mass is 576 g/mol. The molecule has 5 rings (SSSR count). The molecule has 12 heteroatoms. The van der Waals surface area contributed by atoms with Crippen molar-refractivity contribution in [2.75, 3.05) is 11.5 Å². The molecule has 202 valence electrons. The van der Waals surface area contributed by atoms with Crippen LogP contribution in [0.3, 0.4) is 0 Å². The second kappa shape index (κ2) is 10.2. The number of hydrogen-bond donors (Lipinski definition) is 7. The Hall–Kier alpha value is -4.49. The second-order valence-corrected chi connectivity index (χ2v) is 10.9. The van der Waals surface area contributed by atoms with Crippen LogP contribution in [0.25, 0.3) is 0 Å². The van der Waals surface area contributed by atoms with Crippen molar-refractivity contribution < 1.29 is 39.9 Å². The predicted octanol–water partition coefficient (Wildman–Crippen LogP) is 4.02. The number of benzene rings is 4. The number of aliphatic hydroxyl groups excluding tert-OH is 1. The first-order valence-corrected chi connectivity index (χ1v) is 13.2. The van der Waals surface area contributed by atoms with Gasteiger partial charge < -0.3 is 37.0 Å². The minimum absolute atomic E-state index is 0.0269. The molecule has 0 amide bonds. The molecule has 0 heterocycles. The zero-order chi connectivity index (χ0) is 28.9. The minimum Gasteiger partial charge on any atom is -0.507 e. The quantitative estimate of drug-likeness (QED) is 0.0870. The summed E-state index contributed by atoms with van der Waals surface area (Å²) in [4.78, 5) is 39.9. The molecule has 0 bridgehead atoms. The molecule has 0 aromatic heterocycles. The van der Waals surface area contributed by atoms with Crippen molar-refractivity contribution >= 4 is 52.4 Å². The summed E-state index contributed by atoms with van der Waals surface area (Å²) < 4.78 is 0. The number of hydrogen-bond acceptors (Lipinski definition) is 11. The van der Waals surface area contributed by atoms with Gasteiger partial charge in [-0.25, -0.2) is 4.79 Å². The lowest BCUT2D eigenvalue weighted by molar-refractivity contribution is -0.0445. The van der Waals surface area contributed by atoms with Gasteiger partial charge in [-0.3, -0.25) is 9.59 Å². The van der Waals surface area contributed by atoms with E-state index in [0.29, 0.717) is 4.90 Å². The molecular weight excluding hydrogens is 556 g/mol. The number of aliphatic hydroxyl groups is 2. The molecule has 0 saturated carbocycles. The highest BCUT2D eigenvalue weighted by atomic mass is 32.2. The van der Waals surface area contributed by atoms with E-state index in [-0.39, 0.29) is 48.3 Å². The van der Waals surface area contributed by atoms with Gasteiger partial charge in [0.15, 0.2) is 12.1 Å². The maximum Gasteiger partial charge on any atom is 0.336 e. The van der Waals surface area contributed by atoms with Gasteiger partial charge in [0, 0.05) is 25.1 Å². The first-order chi connectivity index (χ1) is 19.0. The van der Waals surface area contributed by atoms with E-state index >= 15 is 0 Å². The Morgan fingerprint density at radius 1 is 0.675 bits per heavy atom. The van der Waals surface area contributed by atoms with E-state index < -0.39 is 46.5 Å². The van der Waals surface area contributed by atoms with Crippen molar-refractivity contribution in [2.24, 2.45) is 0 Å². The summed E-state index contributed by atoms with van der Waals surface area (Å²) >= 11 is 1.84. The Balaban J connectivity index is 1.64. The third-order valence-electron chi connectivity index (χ3n) is 6.28. The molecule has 0 radical (unpaired) electrons. The number of aromatic carboxylic acids is 1. The molecule has 1 aliphatic rings. The van der Waals surface area contributed by atoms with Crippen LogP contribution < -0.4 is 11.5 Å². The first-order valence-electron chi connectivity index (χ1n) is 11.5. The minimum atomic E-state index is -1.80. The van der Waals surface area contributed by atoms with E-state index in [9.17, 15) is 39.9 Å². The zero-order valence-electron chi connectivity index (χ0n) is 20.3. The topological polar surface area (TPSA) is 204 Å². The average Bonchev–Trinajstić information content (AvgIpc) is 2.91. The van der Waals surface area contributed by atoms with Gasteiger partial charge in [-0.2, -0.15) is 0 Å². The lowest BCUT2D eigenvalue weighted by atomic mass is 9.81. The van der Waals surface area contributed by atoms with Gasteiger partial charge in [0.2, 0.25) is 5.78 Å². The van der Waals surface area contributed by atoms with Gasteiger partial charge in [-0.05, 0) is 30.3 Å². The summed E-state index contributed by atoms with van der Waals surface area (Å²) in [6, 6.07) is 14.8. The van der Waals surface area contributed by atoms with E-state index in [0.717, 1.165) is 29.6 Å². The number of nitrogens with two attached hydrogens (primary N) is 2. The fraction of sp³-hybridized carbons (Fsp3) is 0.0357. The number of ketones is 2. The molecule has 0 aliphatic heterocycles. The molecule has 0 unspecified atom stereocenters. The van der Waals surface area contributed by atoms with Crippen molar-refractivity contribution in [3.8, 4) is 11.5 Å². The highest BCUT2D eigenvalue weighted by molar-refractivity contribution is 7.99. The van der Waals surface area contributed by atoms with Gasteiger partial charge >= 0.3 is 5.97 Å². The maximum atomic E-state index is 13.8. The molecule has 0 atom stereocenters. The van der Waals surface area contributed by atoms with Crippen molar-refractivity contribution in [1.82, 2.24) is 0 Å². The highest BCUT2D eigenvalue weighted by Gasteiger charge is 2.39. The Labute approximate surface area is 234 Å². The predicted molar refractivity (Wildman–Crippen MR) is 147 cm³/mol. The van der Waals surface area contributed by atoms with Crippen LogP contribution >= 0.6 is 23.5 Å². The second-order valence-electron chi connectivity index (χ2n) is 8.69. The Morgan fingerprint density at radius 3 is 1.65 bits per heavy atom. The van der Waals surface area contributed by atoms with E-state index in [4.69, 9.17) is 11.5 Å². The molecule has 9 N–H and O–H groups in total. The molecular formula is C28H20N2O8S2. The first kappa shape index (κ1) is 27.1. The molecule has 4 aromatic carbocycles. The molecule has 1 aliphatic carbocycles. The smallest absolute Gasteiger partial charge is 0.336 e. The molecule has 0 fully saturated rings. The number of carbonyl (C=O) groups is 3. The number of carbonyl (C=O) groups excluding carboxylic acids is 2. The van der Waals surface area contributed by atoms with Crippen LogP contribution in [0.1, 0.15) is 54.1 Å². The number of aromatic hydroxyl groups is 2. The van der Waals surface area contributed by atoms with Crippen LogP contribution in [0.15, 0.2) is 80.2 Å². The SMILES string of the molecule is Nc1c(Sc2ccccc2C(=O)O)cc(O)c2c1C(=O)c1c(N)c(Sc3ccccc3C(O)O)cc(O)c1C2=O. The third kappa shape index (κ3) is 4.42. The number of carboxylic acids is 1. The lowest BCUT2D eigenvalue weighted by Crippen LogP contribution is -2.24. The largest absolute Gasteiger partial charge is 0.507 e. The number of anilines is 2. The Kier molecular flexibility index (Phi) is 6.94. The van der Waals surface area contributed by atoms with Crippen LogP contribution in [-0.2, 0) is 0 Å². The van der Waals surface area contributed by atoms with Crippen LogP contribution in [0.2, 0.25) is 0 Å². The lowest BCUT2D eigenvalue weighted by Gasteiger charge is -2.24. The summed E-state index contributed by atoms with van der Waals surface area (Å²) in [5.41, 5.74) is 11.1. The van der Waals surface area contributed by atoms with E-state index in [1.807, 2.05) is 0 Å². The molecule has 4 aromatic rings. The number of fused-ring (bicyclic) bond motifs is 2. The molecule has 40 heavy (non-hydrogen) atoms. The van der Waals surface area contributed by atoms with Gasteiger partial charge in [0.05, 0.1) is 39.2 Å². The number of nitrogen functional groups attached to an aromatic ring is 2. The summed E-state index contributed by atoms with van der Waals surface area (Å²) in [6.45, 7) is 0. The van der Waals surface area contributed by atoms with Gasteiger partial charge in [-0.15, -0.1) is 0 Å². The zero-order valence-corrected chi connectivity index (χ0v) is 21.9. The van der Waals surface area contributed by atoms with E-state index in [2.05, 4.69) is 0 Å². The maximum absolute atomic E-state index is 13.8. The van der Waals surface area contributed by atoms with Crippen molar-refractivity contribution in [3.63, 3.8) is 0 Å². The van der Waals surface area contributed by atoms with Crippen molar-refractivity contribution in [1.29, 1.82) is 0 Å². The standard InChI is InChI=1S/C28H20N2O8S2/c29-23-17(39-15-7-3-1-5-11(15)27(35)36)9-13(31)19-21(23)26(34)22-20(25(19)33)14(32)10-18(24(22)30)40-16-8-4-2-6-12(16)28(37)38/h1-10,27,31-32,35-36H,29-30H2,(H,37,38). The molecule has 0 spiro atoms. The number of rotatable bonds is 6. The van der Waals surface area contributed by atoms with E-state index in [1.165, 1.54) is 24.3 Å². The highest BCUT2D eigenvalue weighted by Crippen LogP contribution is 2.49. The fourth-order valence-electron chi connectivity index (χ4n) is 4.43. The van der Waals surface area contributed by atoms with Crippen LogP contribution in [-0.4, -0.2) is 43.1 Å². The average molecular weight is 577 g/mol. The van der Waals surface area contributed by atoms with Gasteiger partial charge in [0.25, 0.3) is 0 Å². The number of phenolic OH excluding ortho intramolecular Hbond substituents is 2. The van der Waals surface area contributed by atoms with Gasteiger partial charge in [-0.1, -0.05) is 53.9 Å². The van der Waals surface area contributed by atoms with Crippen LogP contribution in [0.4, 0.5) is 11.4 Å². The summed E-state index contributed by atoms with van der Waals surface area (Å²) in [5, 5.41) is 50.6. The van der Waals surface area contributed by atoms with E-state index in [1.54, 1.807) is 30.3 Å². The third-order valence-corrected chi connectivity index (χ3v) is 8.56. The van der Waals surface area contributed by atoms with Crippen molar-refractivity contribution in [3.05, 3.63) is 94.0 Å². The van der Waals surface area contributed by atoms with Crippen molar-refractivity contribution in [2.45, 2.75) is 25.9 Å². The fourth-order valence-corrected chi connectivity index (χ4v) is 6.52. The van der Waals surface area contributed by atoms with Gasteiger partial charge in [0.1, 0.15) is 11.5 Å². The van der Waals surface area contributed by atoms with Crippen LogP contribution in [0.5, 0.6) is 11.5 Å². The Bertz CT molecular complexity index is 1750. The molecule has 0 saturated heterocycles. The molecule has 10 nitrogen and oxygen atoms in total. The number of carboxylic acid groups (broad SMARTS) is 1.